The number of hydrogen-bond acceptors (Lipinski definition) is 4. The van der Waals surface area contributed by atoms with Crippen LogP contribution >= 0.6 is 27.7 Å². The summed E-state index contributed by atoms with van der Waals surface area (Å²) in [5.74, 6) is -0.499. The van der Waals surface area contributed by atoms with Crippen molar-refractivity contribution in [3.05, 3.63) is 52.3 Å². The van der Waals surface area contributed by atoms with E-state index in [9.17, 15) is 4.79 Å². The molecule has 0 aliphatic heterocycles. The Labute approximate surface area is 123 Å². The van der Waals surface area contributed by atoms with Crippen molar-refractivity contribution in [2.75, 3.05) is 5.73 Å². The summed E-state index contributed by atoms with van der Waals surface area (Å²) in [4.78, 5) is 16.1. The molecule has 19 heavy (non-hydrogen) atoms. The van der Waals surface area contributed by atoms with E-state index in [1.807, 2.05) is 18.2 Å². The van der Waals surface area contributed by atoms with E-state index in [-0.39, 0.29) is 5.56 Å². The predicted molar refractivity (Wildman–Crippen MR) is 79.3 cm³/mol. The second-order valence-electron chi connectivity index (χ2n) is 3.77. The van der Waals surface area contributed by atoms with Crippen LogP contribution in [0.15, 0.2) is 45.9 Å². The minimum absolute atomic E-state index is 0.227. The molecule has 0 fully saturated rings. The van der Waals surface area contributed by atoms with Gasteiger partial charge in [0.1, 0.15) is 0 Å². The molecule has 3 N–H and O–H groups in total. The largest absolute Gasteiger partial charge is 0.478 e. The maximum Gasteiger partial charge on any atom is 0.337 e. The van der Waals surface area contributed by atoms with Crippen molar-refractivity contribution in [2.45, 2.75) is 10.6 Å². The van der Waals surface area contributed by atoms with Crippen molar-refractivity contribution in [3.8, 4) is 0 Å². The van der Waals surface area contributed by atoms with Gasteiger partial charge in [0.2, 0.25) is 0 Å². The van der Waals surface area contributed by atoms with E-state index in [1.165, 1.54) is 11.8 Å². The maximum absolute atomic E-state index is 11.1. The Morgan fingerprint density at radius 3 is 2.89 bits per heavy atom. The SMILES string of the molecule is Nc1cc(Br)ccc1SCc1ncccc1C(=O)O. The first-order valence-corrected chi connectivity index (χ1v) is 7.21. The van der Waals surface area contributed by atoms with Crippen LogP contribution < -0.4 is 5.73 Å². The van der Waals surface area contributed by atoms with Crippen molar-refractivity contribution in [2.24, 2.45) is 0 Å². The Balaban J connectivity index is 2.17. The van der Waals surface area contributed by atoms with E-state index in [0.29, 0.717) is 17.1 Å². The van der Waals surface area contributed by atoms with Gasteiger partial charge < -0.3 is 10.8 Å². The number of nitrogens with two attached hydrogens (primary N) is 1. The van der Waals surface area contributed by atoms with Gasteiger partial charge in [0.05, 0.1) is 11.3 Å². The maximum atomic E-state index is 11.1. The van der Waals surface area contributed by atoms with E-state index < -0.39 is 5.97 Å². The zero-order valence-corrected chi connectivity index (χ0v) is 12.2. The van der Waals surface area contributed by atoms with Crippen LogP contribution in [0.3, 0.4) is 0 Å². The number of nitrogen functional groups attached to an aromatic ring is 1. The molecule has 0 aliphatic carbocycles. The smallest absolute Gasteiger partial charge is 0.337 e. The average Bonchev–Trinajstić information content (AvgIpc) is 2.38. The quantitative estimate of drug-likeness (QED) is 0.659. The fraction of sp³-hybridized carbons (Fsp3) is 0.0769. The van der Waals surface area contributed by atoms with Gasteiger partial charge in [-0.3, -0.25) is 4.98 Å². The molecule has 0 aliphatic rings. The van der Waals surface area contributed by atoms with Crippen molar-refractivity contribution in [1.29, 1.82) is 0 Å². The average molecular weight is 339 g/mol. The number of hydrogen-bond donors (Lipinski definition) is 2. The van der Waals surface area contributed by atoms with Gasteiger partial charge in [0.15, 0.2) is 0 Å². The highest BCUT2D eigenvalue weighted by atomic mass is 79.9. The first-order chi connectivity index (χ1) is 9.08. The van der Waals surface area contributed by atoms with Gasteiger partial charge in [-0.2, -0.15) is 0 Å². The van der Waals surface area contributed by atoms with Gasteiger partial charge in [0, 0.05) is 27.0 Å². The molecule has 6 heteroatoms. The lowest BCUT2D eigenvalue weighted by molar-refractivity contribution is 0.0695. The molecule has 2 aromatic rings. The van der Waals surface area contributed by atoms with Crippen molar-refractivity contribution >= 4 is 39.3 Å². The number of carbonyl (C=O) groups is 1. The molecule has 1 aromatic heterocycles. The normalized spacial score (nSPS) is 10.4. The van der Waals surface area contributed by atoms with Crippen LogP contribution in [0.25, 0.3) is 0 Å². The summed E-state index contributed by atoms with van der Waals surface area (Å²) in [6.07, 6.45) is 1.59. The first kappa shape index (κ1) is 13.9. The molecule has 4 nitrogen and oxygen atoms in total. The summed E-state index contributed by atoms with van der Waals surface area (Å²) >= 11 is 4.81. The third-order valence-corrected chi connectivity index (χ3v) is 4.05. The number of benzene rings is 1. The van der Waals surface area contributed by atoms with Gasteiger partial charge in [-0.1, -0.05) is 15.9 Å². The fourth-order valence-electron chi connectivity index (χ4n) is 1.54. The lowest BCUT2D eigenvalue weighted by Crippen LogP contribution is -2.03. The Hall–Kier alpha value is -1.53. The Morgan fingerprint density at radius 1 is 1.42 bits per heavy atom. The molecule has 98 valence electrons. The summed E-state index contributed by atoms with van der Waals surface area (Å²) in [7, 11) is 0. The number of pyridine rings is 1. The molecule has 0 saturated carbocycles. The van der Waals surface area contributed by atoms with Gasteiger partial charge in [-0.05, 0) is 30.3 Å². The van der Waals surface area contributed by atoms with Crippen LogP contribution in [0.5, 0.6) is 0 Å². The molecule has 0 saturated heterocycles. The van der Waals surface area contributed by atoms with Crippen molar-refractivity contribution in [3.63, 3.8) is 0 Å². The molecule has 2 rings (SSSR count). The molecule has 1 heterocycles. The zero-order chi connectivity index (χ0) is 13.8. The van der Waals surface area contributed by atoms with Crippen LogP contribution in [-0.4, -0.2) is 16.1 Å². The Morgan fingerprint density at radius 2 is 2.21 bits per heavy atom. The summed E-state index contributed by atoms with van der Waals surface area (Å²) in [6, 6.07) is 8.78. The molecule has 0 unspecified atom stereocenters. The van der Waals surface area contributed by atoms with Crippen molar-refractivity contribution in [1.82, 2.24) is 4.98 Å². The molecule has 0 atom stereocenters. The third-order valence-electron chi connectivity index (χ3n) is 2.46. The number of aromatic nitrogens is 1. The zero-order valence-electron chi connectivity index (χ0n) is 9.84. The first-order valence-electron chi connectivity index (χ1n) is 5.43. The number of nitrogens with zero attached hydrogens (tertiary/aromatic N) is 1. The molecule has 0 radical (unpaired) electrons. The molecule has 0 amide bonds. The highest BCUT2D eigenvalue weighted by molar-refractivity contribution is 9.10. The van der Waals surface area contributed by atoms with Crippen LogP contribution in [0.2, 0.25) is 0 Å². The number of halogens is 1. The molecule has 0 spiro atoms. The predicted octanol–water partition coefficient (Wildman–Crippen LogP) is 3.42. The van der Waals surface area contributed by atoms with Crippen LogP contribution in [0, 0.1) is 0 Å². The molecule has 1 aromatic carbocycles. The Bertz CT molecular complexity index is 619. The second-order valence-corrected chi connectivity index (χ2v) is 5.71. The standard InChI is InChI=1S/C13H11BrN2O2S/c14-8-3-4-12(10(15)6-8)19-7-11-9(13(17)18)2-1-5-16-11/h1-6H,7,15H2,(H,17,18). The van der Waals surface area contributed by atoms with Gasteiger partial charge >= 0.3 is 5.97 Å². The highest BCUT2D eigenvalue weighted by Crippen LogP contribution is 2.30. The van der Waals surface area contributed by atoms with Crippen LogP contribution in [0.4, 0.5) is 5.69 Å². The topological polar surface area (TPSA) is 76.2 Å². The highest BCUT2D eigenvalue weighted by Gasteiger charge is 2.11. The molecular formula is C13H11BrN2O2S. The lowest BCUT2D eigenvalue weighted by atomic mass is 10.2. The van der Waals surface area contributed by atoms with Crippen LogP contribution in [-0.2, 0) is 5.75 Å². The number of aromatic carboxylic acids is 1. The molecular weight excluding hydrogens is 328 g/mol. The minimum Gasteiger partial charge on any atom is -0.478 e. The van der Waals surface area contributed by atoms with E-state index in [2.05, 4.69) is 20.9 Å². The fourth-order valence-corrected chi connectivity index (χ4v) is 2.84. The summed E-state index contributed by atoms with van der Waals surface area (Å²) in [6.45, 7) is 0. The molecule has 0 bridgehead atoms. The summed E-state index contributed by atoms with van der Waals surface area (Å²) < 4.78 is 0.915. The Kier molecular flexibility index (Phi) is 4.44. The van der Waals surface area contributed by atoms with Gasteiger partial charge in [0.25, 0.3) is 0 Å². The van der Waals surface area contributed by atoms with E-state index in [4.69, 9.17) is 10.8 Å². The number of rotatable bonds is 4. The lowest BCUT2D eigenvalue weighted by Gasteiger charge is -2.07. The van der Waals surface area contributed by atoms with E-state index >= 15 is 0 Å². The van der Waals surface area contributed by atoms with E-state index in [0.717, 1.165) is 9.37 Å². The van der Waals surface area contributed by atoms with Gasteiger partial charge in [-0.25, -0.2) is 4.79 Å². The summed E-state index contributed by atoms with van der Waals surface area (Å²) in [5.41, 5.74) is 7.33. The number of thioether (sulfide) groups is 1. The van der Waals surface area contributed by atoms with Crippen molar-refractivity contribution < 1.29 is 9.90 Å². The van der Waals surface area contributed by atoms with Gasteiger partial charge in [-0.15, -0.1) is 11.8 Å². The number of carboxylic acids is 1. The third kappa shape index (κ3) is 3.48. The van der Waals surface area contributed by atoms with E-state index in [1.54, 1.807) is 18.3 Å². The van der Waals surface area contributed by atoms with Crippen LogP contribution in [0.1, 0.15) is 16.1 Å². The second kappa shape index (κ2) is 6.08. The number of anilines is 1. The number of carboxylic acid groups (broad SMARTS) is 1. The minimum atomic E-state index is -0.965. The monoisotopic (exact) mass is 338 g/mol. The summed E-state index contributed by atoms with van der Waals surface area (Å²) in [5, 5.41) is 9.07.